The maximum Gasteiger partial charge on any atom is 0.339 e. The van der Waals surface area contributed by atoms with Crippen LogP contribution < -0.4 is 5.56 Å². The molecule has 0 saturated heterocycles. The van der Waals surface area contributed by atoms with Crippen molar-refractivity contribution in [3.8, 4) is 6.07 Å². The van der Waals surface area contributed by atoms with E-state index in [0.717, 1.165) is 9.75 Å². The molecule has 3 aromatic rings. The molecule has 0 amide bonds. The van der Waals surface area contributed by atoms with Gasteiger partial charge in [0.2, 0.25) is 0 Å². The fraction of sp³-hybridized carbons (Fsp3) is 0.222. The third kappa shape index (κ3) is 3.30. The van der Waals surface area contributed by atoms with Crippen molar-refractivity contribution >= 4 is 28.2 Å². The highest BCUT2D eigenvalue weighted by molar-refractivity contribution is 7.12. The van der Waals surface area contributed by atoms with Crippen LogP contribution in [0.25, 0.3) is 10.9 Å². The quantitative estimate of drug-likeness (QED) is 0.673. The van der Waals surface area contributed by atoms with Crippen LogP contribution in [0.2, 0.25) is 0 Å². The number of aryl methyl sites for hydroxylation is 2. The zero-order chi connectivity index (χ0) is 18.0. The molecular weight excluding hydrogens is 338 g/mol. The topological polar surface area (TPSA) is 85.0 Å². The molecule has 0 aliphatic heterocycles. The molecular formula is C18H15N3O3S. The molecule has 0 unspecified atom stereocenters. The van der Waals surface area contributed by atoms with Gasteiger partial charge < -0.3 is 4.74 Å². The van der Waals surface area contributed by atoms with E-state index in [-0.39, 0.29) is 24.5 Å². The average molecular weight is 353 g/mol. The van der Waals surface area contributed by atoms with Crippen LogP contribution >= 0.6 is 11.3 Å². The molecule has 25 heavy (non-hydrogen) atoms. The Morgan fingerprint density at radius 1 is 1.36 bits per heavy atom. The van der Waals surface area contributed by atoms with Crippen LogP contribution in [0.4, 0.5) is 0 Å². The average Bonchev–Trinajstić information content (AvgIpc) is 2.94. The van der Waals surface area contributed by atoms with Gasteiger partial charge in [-0.2, -0.15) is 5.26 Å². The number of para-hydroxylation sites is 1. The largest absolute Gasteiger partial charge is 0.454 e. The molecule has 2 heterocycles. The number of esters is 1. The van der Waals surface area contributed by atoms with Gasteiger partial charge in [0, 0.05) is 9.75 Å². The number of thiophene rings is 1. The van der Waals surface area contributed by atoms with Gasteiger partial charge in [-0.15, -0.1) is 11.3 Å². The van der Waals surface area contributed by atoms with Crippen molar-refractivity contribution in [2.75, 3.05) is 0 Å². The van der Waals surface area contributed by atoms with Crippen LogP contribution in [0.15, 0.2) is 35.1 Å². The van der Waals surface area contributed by atoms with Crippen LogP contribution in [0, 0.1) is 25.2 Å². The molecule has 0 aliphatic carbocycles. The normalized spacial score (nSPS) is 10.6. The summed E-state index contributed by atoms with van der Waals surface area (Å²) in [5.74, 6) is -0.212. The number of nitriles is 1. The first-order valence-corrected chi connectivity index (χ1v) is 8.42. The summed E-state index contributed by atoms with van der Waals surface area (Å²) in [5, 5.41) is 9.42. The third-order valence-electron chi connectivity index (χ3n) is 3.76. The number of carbonyl (C=O) groups excluding carboxylic acids is 1. The Bertz CT molecular complexity index is 1060. The molecule has 126 valence electrons. The van der Waals surface area contributed by atoms with E-state index in [1.54, 1.807) is 30.3 Å². The Kier molecular flexibility index (Phi) is 4.63. The van der Waals surface area contributed by atoms with Crippen molar-refractivity contribution in [3.63, 3.8) is 0 Å². The predicted octanol–water partition coefficient (Wildman–Crippen LogP) is 2.96. The Hall–Kier alpha value is -2.98. The molecule has 0 fully saturated rings. The van der Waals surface area contributed by atoms with E-state index in [2.05, 4.69) is 4.98 Å². The van der Waals surface area contributed by atoms with E-state index in [4.69, 9.17) is 10.00 Å². The second-order valence-electron chi connectivity index (χ2n) is 5.50. The van der Waals surface area contributed by atoms with Crippen LogP contribution in [0.3, 0.4) is 0 Å². The molecule has 1 aromatic carbocycles. The predicted molar refractivity (Wildman–Crippen MR) is 94.5 cm³/mol. The first kappa shape index (κ1) is 16.9. The van der Waals surface area contributed by atoms with Crippen LogP contribution in [0.1, 0.15) is 25.9 Å². The smallest absolute Gasteiger partial charge is 0.339 e. The summed E-state index contributed by atoms with van der Waals surface area (Å²) in [6, 6.07) is 10.6. The van der Waals surface area contributed by atoms with Crippen LogP contribution in [-0.4, -0.2) is 15.5 Å². The van der Waals surface area contributed by atoms with Crippen molar-refractivity contribution in [1.29, 1.82) is 5.26 Å². The first-order valence-electron chi connectivity index (χ1n) is 7.61. The summed E-state index contributed by atoms with van der Waals surface area (Å²) < 4.78 is 6.57. The zero-order valence-corrected chi connectivity index (χ0v) is 14.6. The summed E-state index contributed by atoms with van der Waals surface area (Å²) in [7, 11) is 0. The highest BCUT2D eigenvalue weighted by Gasteiger charge is 2.16. The van der Waals surface area contributed by atoms with Crippen molar-refractivity contribution in [3.05, 3.63) is 61.8 Å². The maximum atomic E-state index is 12.5. The van der Waals surface area contributed by atoms with Gasteiger partial charge in [0.25, 0.3) is 5.56 Å². The van der Waals surface area contributed by atoms with Gasteiger partial charge in [-0.3, -0.25) is 9.36 Å². The SMILES string of the molecule is Cc1cc(C(=O)OCc2nc3ccccc3c(=O)n2CC#N)c(C)s1. The Morgan fingerprint density at radius 2 is 2.12 bits per heavy atom. The molecule has 0 spiro atoms. The highest BCUT2D eigenvalue weighted by Crippen LogP contribution is 2.21. The van der Waals surface area contributed by atoms with Crippen molar-refractivity contribution in [2.45, 2.75) is 27.0 Å². The minimum atomic E-state index is -0.465. The molecule has 0 bridgehead atoms. The minimum absolute atomic E-state index is 0.153. The molecule has 6 nitrogen and oxygen atoms in total. The zero-order valence-electron chi connectivity index (χ0n) is 13.8. The number of hydrogen-bond donors (Lipinski definition) is 0. The molecule has 0 N–H and O–H groups in total. The Morgan fingerprint density at radius 3 is 2.80 bits per heavy atom. The molecule has 3 rings (SSSR count). The van der Waals surface area contributed by atoms with Gasteiger partial charge >= 0.3 is 5.97 Å². The first-order chi connectivity index (χ1) is 12.0. The maximum absolute atomic E-state index is 12.5. The number of carbonyl (C=O) groups is 1. The van der Waals surface area contributed by atoms with E-state index in [1.807, 2.05) is 19.9 Å². The summed E-state index contributed by atoms with van der Waals surface area (Å²) in [6.45, 7) is 3.45. The van der Waals surface area contributed by atoms with E-state index >= 15 is 0 Å². The molecule has 7 heteroatoms. The van der Waals surface area contributed by atoms with Gasteiger partial charge in [-0.25, -0.2) is 9.78 Å². The number of benzene rings is 1. The van der Waals surface area contributed by atoms with E-state index in [1.165, 1.54) is 15.9 Å². The second kappa shape index (κ2) is 6.87. The number of rotatable bonds is 4. The lowest BCUT2D eigenvalue weighted by molar-refractivity contribution is 0.0457. The lowest BCUT2D eigenvalue weighted by Crippen LogP contribution is -2.26. The number of fused-ring (bicyclic) bond motifs is 1. The molecule has 2 aromatic heterocycles. The summed E-state index contributed by atoms with van der Waals surface area (Å²) in [5.41, 5.74) is 0.702. The van der Waals surface area contributed by atoms with Gasteiger partial charge in [-0.1, -0.05) is 12.1 Å². The second-order valence-corrected chi connectivity index (χ2v) is 6.96. The van der Waals surface area contributed by atoms with Gasteiger partial charge in [0.1, 0.15) is 13.2 Å². The lowest BCUT2D eigenvalue weighted by atomic mass is 10.2. The molecule has 0 saturated carbocycles. The van der Waals surface area contributed by atoms with Crippen LogP contribution in [0.5, 0.6) is 0 Å². The van der Waals surface area contributed by atoms with E-state index in [9.17, 15) is 9.59 Å². The molecule has 0 radical (unpaired) electrons. The van der Waals surface area contributed by atoms with Gasteiger partial charge in [0.15, 0.2) is 5.82 Å². The fourth-order valence-electron chi connectivity index (χ4n) is 2.60. The van der Waals surface area contributed by atoms with Gasteiger partial charge in [0.05, 0.1) is 22.5 Å². The van der Waals surface area contributed by atoms with Crippen LogP contribution in [-0.2, 0) is 17.9 Å². The number of aromatic nitrogens is 2. The van der Waals surface area contributed by atoms with Crippen molar-refractivity contribution in [2.24, 2.45) is 0 Å². The number of ether oxygens (including phenoxy) is 1. The van der Waals surface area contributed by atoms with E-state index < -0.39 is 5.97 Å². The minimum Gasteiger partial charge on any atom is -0.454 e. The third-order valence-corrected chi connectivity index (χ3v) is 4.73. The van der Waals surface area contributed by atoms with Crippen molar-refractivity contribution in [1.82, 2.24) is 9.55 Å². The summed E-state index contributed by atoms with van der Waals surface area (Å²) in [6.07, 6.45) is 0. The summed E-state index contributed by atoms with van der Waals surface area (Å²) in [4.78, 5) is 31.1. The standard InChI is InChI=1S/C18H15N3O3S/c1-11-9-14(12(2)25-11)18(23)24-10-16-20-15-6-4-3-5-13(15)17(22)21(16)8-7-19/h3-6,9H,8,10H2,1-2H3. The lowest BCUT2D eigenvalue weighted by Gasteiger charge is -2.11. The van der Waals surface area contributed by atoms with Crippen molar-refractivity contribution < 1.29 is 9.53 Å². The van der Waals surface area contributed by atoms with E-state index in [0.29, 0.717) is 16.5 Å². The van der Waals surface area contributed by atoms with Gasteiger partial charge in [-0.05, 0) is 32.0 Å². The monoisotopic (exact) mass is 353 g/mol. The number of hydrogen-bond acceptors (Lipinski definition) is 6. The fourth-order valence-corrected chi connectivity index (χ4v) is 3.51. The molecule has 0 aliphatic rings. The Labute approximate surface area is 147 Å². The summed E-state index contributed by atoms with van der Waals surface area (Å²) >= 11 is 1.52. The number of nitrogens with zero attached hydrogens (tertiary/aromatic N) is 3. The molecule has 0 atom stereocenters. The Balaban J connectivity index is 1.94. The highest BCUT2D eigenvalue weighted by atomic mass is 32.1.